The first kappa shape index (κ1) is 25.3. The van der Waals surface area contributed by atoms with E-state index in [1.165, 1.54) is 24.8 Å². The Kier molecular flexibility index (Phi) is 7.83. The van der Waals surface area contributed by atoms with Gasteiger partial charge in [-0.05, 0) is 59.4 Å². The van der Waals surface area contributed by atoms with E-state index in [1.807, 2.05) is 34.1 Å². The number of hydrogen-bond donors (Lipinski definition) is 0. The molecule has 5 nitrogen and oxygen atoms in total. The van der Waals surface area contributed by atoms with Gasteiger partial charge in [0.1, 0.15) is 18.5 Å². The van der Waals surface area contributed by atoms with Crippen molar-refractivity contribution in [3.05, 3.63) is 65.2 Å². The summed E-state index contributed by atoms with van der Waals surface area (Å²) in [5.74, 6) is 1.41. The largest absolute Gasteiger partial charge is 0.497 e. The highest BCUT2D eigenvalue weighted by molar-refractivity contribution is 5.89. The second-order valence-corrected chi connectivity index (χ2v) is 11.2. The maximum absolute atomic E-state index is 13.5. The van der Waals surface area contributed by atoms with Gasteiger partial charge in [0.2, 0.25) is 11.8 Å². The Labute approximate surface area is 210 Å². The Morgan fingerprint density at radius 2 is 1.63 bits per heavy atom. The van der Waals surface area contributed by atoms with Gasteiger partial charge >= 0.3 is 0 Å². The molecule has 2 aromatic rings. The Hall–Kier alpha value is -2.82. The Balaban J connectivity index is 1.56. The van der Waals surface area contributed by atoms with Crippen LogP contribution in [0.15, 0.2) is 48.5 Å². The van der Waals surface area contributed by atoms with Crippen LogP contribution < -0.4 is 4.74 Å². The maximum Gasteiger partial charge on any atom is 0.244 e. The van der Waals surface area contributed by atoms with E-state index in [1.54, 1.807) is 7.11 Å². The smallest absolute Gasteiger partial charge is 0.244 e. The van der Waals surface area contributed by atoms with E-state index in [9.17, 15) is 9.59 Å². The van der Waals surface area contributed by atoms with E-state index in [4.69, 9.17) is 4.74 Å². The first-order valence-electron chi connectivity index (χ1n) is 13.1. The monoisotopic (exact) mass is 476 g/mol. The van der Waals surface area contributed by atoms with Crippen molar-refractivity contribution in [3.63, 3.8) is 0 Å². The molecule has 1 aliphatic carbocycles. The molecular weight excluding hydrogens is 436 g/mol. The molecule has 5 heteroatoms. The Morgan fingerprint density at radius 3 is 2.23 bits per heavy atom. The molecule has 2 aromatic carbocycles. The number of carbonyl (C=O) groups excluding carboxylic acids is 2. The van der Waals surface area contributed by atoms with E-state index in [2.05, 4.69) is 45.0 Å². The SMILES string of the molecule is COc1ccc(CCN2C(=O)CN(C(=O)CC3CCCCC3)C2c2ccc(C(C)(C)C)cc2)cc1. The molecule has 1 aliphatic heterocycles. The summed E-state index contributed by atoms with van der Waals surface area (Å²) in [5, 5.41) is 0. The summed E-state index contributed by atoms with van der Waals surface area (Å²) in [4.78, 5) is 30.4. The molecule has 1 unspecified atom stereocenters. The van der Waals surface area contributed by atoms with Crippen LogP contribution in [0, 0.1) is 5.92 Å². The minimum absolute atomic E-state index is 0.0282. The molecule has 0 spiro atoms. The Bertz CT molecular complexity index is 1000. The third kappa shape index (κ3) is 6.06. The third-order valence-electron chi connectivity index (χ3n) is 7.60. The van der Waals surface area contributed by atoms with Crippen molar-refractivity contribution >= 4 is 11.8 Å². The van der Waals surface area contributed by atoms with Gasteiger partial charge < -0.3 is 14.5 Å². The molecule has 0 N–H and O–H groups in total. The van der Waals surface area contributed by atoms with Gasteiger partial charge in [-0.25, -0.2) is 0 Å². The number of amides is 2. The topological polar surface area (TPSA) is 49.9 Å². The van der Waals surface area contributed by atoms with Crippen LogP contribution in [-0.4, -0.2) is 41.8 Å². The van der Waals surface area contributed by atoms with Crippen LogP contribution in [-0.2, 0) is 21.4 Å². The molecule has 2 fully saturated rings. The van der Waals surface area contributed by atoms with Crippen molar-refractivity contribution in [2.75, 3.05) is 20.2 Å². The van der Waals surface area contributed by atoms with Crippen LogP contribution >= 0.6 is 0 Å². The van der Waals surface area contributed by atoms with Gasteiger partial charge in [0.25, 0.3) is 0 Å². The number of ether oxygens (including phenoxy) is 1. The molecule has 0 aromatic heterocycles. The van der Waals surface area contributed by atoms with Gasteiger partial charge in [-0.3, -0.25) is 9.59 Å². The minimum Gasteiger partial charge on any atom is -0.497 e. The zero-order valence-electron chi connectivity index (χ0n) is 21.8. The van der Waals surface area contributed by atoms with Gasteiger partial charge in [0.15, 0.2) is 0 Å². The molecule has 1 heterocycles. The van der Waals surface area contributed by atoms with E-state index in [-0.39, 0.29) is 29.9 Å². The Morgan fingerprint density at radius 1 is 0.971 bits per heavy atom. The lowest BCUT2D eigenvalue weighted by Gasteiger charge is -2.32. The van der Waals surface area contributed by atoms with E-state index in [0.29, 0.717) is 18.9 Å². The maximum atomic E-state index is 13.5. The van der Waals surface area contributed by atoms with Crippen LogP contribution in [0.1, 0.15) is 82.2 Å². The minimum atomic E-state index is -0.342. The van der Waals surface area contributed by atoms with E-state index in [0.717, 1.165) is 36.1 Å². The second kappa shape index (κ2) is 10.8. The summed E-state index contributed by atoms with van der Waals surface area (Å²) < 4.78 is 5.27. The predicted molar refractivity (Wildman–Crippen MR) is 139 cm³/mol. The van der Waals surface area contributed by atoms with E-state index >= 15 is 0 Å². The van der Waals surface area contributed by atoms with Crippen molar-refractivity contribution in [3.8, 4) is 5.75 Å². The number of nitrogens with zero attached hydrogens (tertiary/aromatic N) is 2. The van der Waals surface area contributed by atoms with Gasteiger partial charge in [-0.15, -0.1) is 0 Å². The molecule has 1 saturated carbocycles. The second-order valence-electron chi connectivity index (χ2n) is 11.2. The number of carbonyl (C=O) groups is 2. The number of rotatable bonds is 7. The quantitative estimate of drug-likeness (QED) is 0.502. The lowest BCUT2D eigenvalue weighted by Crippen LogP contribution is -2.37. The zero-order chi connectivity index (χ0) is 25.0. The first-order chi connectivity index (χ1) is 16.8. The van der Waals surface area contributed by atoms with Crippen LogP contribution in [0.3, 0.4) is 0 Å². The normalized spacial score (nSPS) is 19.3. The summed E-state index contributed by atoms with van der Waals surface area (Å²) in [6.07, 6.45) is 6.89. The molecule has 1 saturated heterocycles. The highest BCUT2D eigenvalue weighted by Gasteiger charge is 2.41. The summed E-state index contributed by atoms with van der Waals surface area (Å²) in [6.45, 7) is 7.33. The lowest BCUT2D eigenvalue weighted by atomic mass is 9.86. The zero-order valence-corrected chi connectivity index (χ0v) is 21.8. The molecule has 1 atom stereocenters. The number of methoxy groups -OCH3 is 1. The molecular formula is C30H40N2O3. The fourth-order valence-corrected chi connectivity index (χ4v) is 5.41. The molecule has 35 heavy (non-hydrogen) atoms. The average molecular weight is 477 g/mol. The van der Waals surface area contributed by atoms with Crippen LogP contribution in [0.4, 0.5) is 0 Å². The van der Waals surface area contributed by atoms with Crippen molar-refractivity contribution in [1.29, 1.82) is 0 Å². The lowest BCUT2D eigenvalue weighted by molar-refractivity contribution is -0.135. The number of hydrogen-bond acceptors (Lipinski definition) is 3. The van der Waals surface area contributed by atoms with Gasteiger partial charge in [0, 0.05) is 13.0 Å². The highest BCUT2D eigenvalue weighted by atomic mass is 16.5. The molecule has 2 aliphatic rings. The van der Waals surface area contributed by atoms with Crippen molar-refractivity contribution in [2.24, 2.45) is 5.92 Å². The van der Waals surface area contributed by atoms with E-state index < -0.39 is 0 Å². The van der Waals surface area contributed by atoms with Crippen molar-refractivity contribution in [2.45, 2.75) is 77.3 Å². The van der Waals surface area contributed by atoms with Gasteiger partial charge in [0.05, 0.1) is 7.11 Å². The summed E-state index contributed by atoms with van der Waals surface area (Å²) >= 11 is 0. The third-order valence-corrected chi connectivity index (χ3v) is 7.60. The van der Waals surface area contributed by atoms with Crippen molar-refractivity contribution in [1.82, 2.24) is 9.80 Å². The standard InChI is InChI=1S/C30H40N2O3/c1-30(2,3)25-14-12-24(13-15-25)29-31(19-18-22-10-16-26(35-4)17-11-22)28(34)21-32(29)27(33)20-23-8-6-5-7-9-23/h10-17,23,29H,5-9,18-21H2,1-4H3. The summed E-state index contributed by atoms with van der Waals surface area (Å²) in [5.41, 5.74) is 3.45. The first-order valence-corrected chi connectivity index (χ1v) is 13.1. The molecule has 2 amide bonds. The van der Waals surface area contributed by atoms with Crippen LogP contribution in [0.2, 0.25) is 0 Å². The fraction of sp³-hybridized carbons (Fsp3) is 0.533. The highest BCUT2D eigenvalue weighted by Crippen LogP contribution is 2.35. The number of benzene rings is 2. The molecule has 0 radical (unpaired) electrons. The van der Waals surface area contributed by atoms with Gasteiger partial charge in [-0.2, -0.15) is 0 Å². The fourth-order valence-electron chi connectivity index (χ4n) is 5.41. The summed E-state index contributed by atoms with van der Waals surface area (Å²) in [7, 11) is 1.66. The van der Waals surface area contributed by atoms with Crippen molar-refractivity contribution < 1.29 is 14.3 Å². The van der Waals surface area contributed by atoms with Crippen LogP contribution in [0.5, 0.6) is 5.75 Å². The summed E-state index contributed by atoms with van der Waals surface area (Å²) in [6, 6.07) is 16.5. The van der Waals surface area contributed by atoms with Crippen LogP contribution in [0.25, 0.3) is 0 Å². The predicted octanol–water partition coefficient (Wildman–Crippen LogP) is 5.88. The molecule has 188 valence electrons. The molecule has 4 rings (SSSR count). The average Bonchev–Trinajstić information content (AvgIpc) is 3.19. The van der Waals surface area contributed by atoms with Gasteiger partial charge in [-0.1, -0.05) is 76.4 Å². The molecule has 0 bridgehead atoms.